The maximum absolute atomic E-state index is 13.5. The number of nitrogens with zero attached hydrogens (tertiary/aromatic N) is 2. The molecule has 8 heteroatoms. The Morgan fingerprint density at radius 2 is 2.14 bits per heavy atom. The molecular formula is C20H25BrN4O3. The summed E-state index contributed by atoms with van der Waals surface area (Å²) in [7, 11) is 1.31. The molecular weight excluding hydrogens is 424 g/mol. The molecule has 1 aliphatic heterocycles. The molecule has 1 aromatic heterocycles. The van der Waals surface area contributed by atoms with E-state index in [1.165, 1.54) is 7.11 Å². The maximum atomic E-state index is 13.5. The number of amides is 2. The minimum atomic E-state index is -0.618. The highest BCUT2D eigenvalue weighted by Crippen LogP contribution is 2.50. The van der Waals surface area contributed by atoms with Gasteiger partial charge in [-0.2, -0.15) is 0 Å². The van der Waals surface area contributed by atoms with E-state index in [0.717, 1.165) is 40.6 Å². The van der Waals surface area contributed by atoms with E-state index in [0.29, 0.717) is 5.92 Å². The number of hydrogen-bond donors (Lipinski definition) is 2. The van der Waals surface area contributed by atoms with Gasteiger partial charge in [-0.25, -0.2) is 9.78 Å². The van der Waals surface area contributed by atoms with Crippen LogP contribution >= 0.6 is 15.9 Å². The molecule has 150 valence electrons. The first-order valence-electron chi connectivity index (χ1n) is 9.71. The lowest BCUT2D eigenvalue weighted by molar-refractivity contribution is -0.139. The SMILES string of the molecule is COC(=O)N[C@H](C(=O)N1[C@@H]2CC[C@@H](C2)[C@H]1c1nc2ccc(Br)cc2[nH]1)C(C)C. The van der Waals surface area contributed by atoms with Gasteiger partial charge < -0.3 is 19.9 Å². The highest BCUT2D eigenvalue weighted by Gasteiger charge is 2.51. The highest BCUT2D eigenvalue weighted by atomic mass is 79.9. The van der Waals surface area contributed by atoms with Gasteiger partial charge in [0.1, 0.15) is 11.9 Å². The number of nitrogens with one attached hydrogen (secondary N) is 2. The average molecular weight is 449 g/mol. The summed E-state index contributed by atoms with van der Waals surface area (Å²) in [5.74, 6) is 1.12. The monoisotopic (exact) mass is 448 g/mol. The molecule has 0 unspecified atom stereocenters. The molecule has 0 radical (unpaired) electrons. The number of halogens is 1. The van der Waals surface area contributed by atoms with Crippen molar-refractivity contribution in [2.24, 2.45) is 11.8 Å². The minimum absolute atomic E-state index is 0.0435. The van der Waals surface area contributed by atoms with Crippen LogP contribution in [-0.2, 0) is 9.53 Å². The molecule has 2 aliphatic rings. The predicted octanol–water partition coefficient (Wildman–Crippen LogP) is 3.76. The lowest BCUT2D eigenvalue weighted by Crippen LogP contribution is -2.54. The predicted molar refractivity (Wildman–Crippen MR) is 109 cm³/mol. The Hall–Kier alpha value is -2.09. The number of rotatable bonds is 4. The van der Waals surface area contributed by atoms with Crippen LogP contribution in [0.4, 0.5) is 4.79 Å². The van der Waals surface area contributed by atoms with E-state index in [2.05, 4.69) is 26.2 Å². The number of aromatic amines is 1. The van der Waals surface area contributed by atoms with Crippen LogP contribution in [0.5, 0.6) is 0 Å². The standard InChI is InChI=1S/C20H25BrN4O3/c1-10(2)16(24-20(27)28-3)19(26)25-13-6-4-11(8-13)17(25)18-22-14-7-5-12(21)9-15(14)23-18/h5,7,9-11,13,16-17H,4,6,8H2,1-3H3,(H,22,23)(H,24,27)/t11-,13+,16-,17-/m0/s1. The third kappa shape index (κ3) is 3.27. The number of likely N-dealkylation sites (tertiary alicyclic amines) is 1. The topological polar surface area (TPSA) is 87.3 Å². The van der Waals surface area contributed by atoms with Crippen LogP contribution in [0.1, 0.15) is 45.0 Å². The summed E-state index contributed by atoms with van der Waals surface area (Å²) in [6, 6.07) is 5.43. The van der Waals surface area contributed by atoms with Crippen LogP contribution in [0.3, 0.4) is 0 Å². The number of aromatic nitrogens is 2. The number of methoxy groups -OCH3 is 1. The molecule has 2 amide bonds. The molecule has 1 saturated heterocycles. The molecule has 0 spiro atoms. The second kappa shape index (κ2) is 7.39. The van der Waals surface area contributed by atoms with Crippen molar-refractivity contribution in [3.8, 4) is 0 Å². The fraction of sp³-hybridized carbons (Fsp3) is 0.550. The first kappa shape index (κ1) is 19.2. The van der Waals surface area contributed by atoms with E-state index in [1.807, 2.05) is 36.9 Å². The van der Waals surface area contributed by atoms with E-state index in [1.54, 1.807) is 0 Å². The number of hydrogen-bond acceptors (Lipinski definition) is 4. The zero-order chi connectivity index (χ0) is 20.0. The molecule has 1 aromatic carbocycles. The Balaban J connectivity index is 1.67. The van der Waals surface area contributed by atoms with Crippen molar-refractivity contribution >= 4 is 39.0 Å². The fourth-order valence-corrected chi connectivity index (χ4v) is 5.02. The molecule has 2 N–H and O–H groups in total. The summed E-state index contributed by atoms with van der Waals surface area (Å²) in [5, 5.41) is 2.72. The van der Waals surface area contributed by atoms with Crippen LogP contribution in [-0.4, -0.2) is 46.1 Å². The Bertz CT molecular complexity index is 912. The summed E-state index contributed by atoms with van der Waals surface area (Å²) >= 11 is 3.49. The van der Waals surface area contributed by atoms with Crippen molar-refractivity contribution in [2.45, 2.75) is 51.2 Å². The molecule has 4 atom stereocenters. The number of carbonyl (C=O) groups excluding carboxylic acids is 2. The Labute approximate surface area is 172 Å². The van der Waals surface area contributed by atoms with Crippen LogP contribution in [0.15, 0.2) is 22.7 Å². The van der Waals surface area contributed by atoms with Crippen molar-refractivity contribution < 1.29 is 14.3 Å². The molecule has 2 bridgehead atoms. The van der Waals surface area contributed by atoms with Gasteiger partial charge in [0.2, 0.25) is 5.91 Å². The Morgan fingerprint density at radius 1 is 1.36 bits per heavy atom. The number of fused-ring (bicyclic) bond motifs is 3. The van der Waals surface area contributed by atoms with Gasteiger partial charge >= 0.3 is 6.09 Å². The van der Waals surface area contributed by atoms with E-state index in [9.17, 15) is 9.59 Å². The van der Waals surface area contributed by atoms with E-state index in [-0.39, 0.29) is 23.9 Å². The normalized spacial score (nSPS) is 24.8. The highest BCUT2D eigenvalue weighted by molar-refractivity contribution is 9.10. The van der Waals surface area contributed by atoms with Crippen molar-refractivity contribution in [1.29, 1.82) is 0 Å². The molecule has 1 saturated carbocycles. The second-order valence-corrected chi connectivity index (χ2v) is 8.97. The third-order valence-electron chi connectivity index (χ3n) is 5.97. The van der Waals surface area contributed by atoms with Crippen molar-refractivity contribution in [3.05, 3.63) is 28.5 Å². The number of H-pyrrole nitrogens is 1. The first-order chi connectivity index (χ1) is 13.4. The summed E-state index contributed by atoms with van der Waals surface area (Å²) in [5.41, 5.74) is 1.84. The lowest BCUT2D eigenvalue weighted by atomic mass is 9.95. The van der Waals surface area contributed by atoms with Gasteiger partial charge in [0.15, 0.2) is 0 Å². The molecule has 7 nitrogen and oxygen atoms in total. The van der Waals surface area contributed by atoms with Gasteiger partial charge in [-0.3, -0.25) is 4.79 Å². The van der Waals surface area contributed by atoms with Gasteiger partial charge in [0, 0.05) is 10.5 Å². The molecule has 28 heavy (non-hydrogen) atoms. The van der Waals surface area contributed by atoms with Gasteiger partial charge in [-0.15, -0.1) is 0 Å². The summed E-state index contributed by atoms with van der Waals surface area (Å²) < 4.78 is 5.71. The minimum Gasteiger partial charge on any atom is -0.453 e. The molecule has 2 heterocycles. The van der Waals surface area contributed by atoms with Gasteiger partial charge in [0.25, 0.3) is 0 Å². The number of carbonyl (C=O) groups is 2. The number of alkyl carbamates (subject to hydrolysis) is 1. The lowest BCUT2D eigenvalue weighted by Gasteiger charge is -2.37. The van der Waals surface area contributed by atoms with Gasteiger partial charge in [-0.1, -0.05) is 29.8 Å². The quantitative estimate of drug-likeness (QED) is 0.744. The Kier molecular flexibility index (Phi) is 5.07. The van der Waals surface area contributed by atoms with Crippen LogP contribution in [0.2, 0.25) is 0 Å². The van der Waals surface area contributed by atoms with Crippen LogP contribution in [0, 0.1) is 11.8 Å². The fourth-order valence-electron chi connectivity index (χ4n) is 4.66. The van der Waals surface area contributed by atoms with Crippen LogP contribution < -0.4 is 5.32 Å². The number of piperidine rings is 1. The molecule has 2 aromatic rings. The van der Waals surface area contributed by atoms with Crippen molar-refractivity contribution in [2.75, 3.05) is 7.11 Å². The smallest absolute Gasteiger partial charge is 0.407 e. The van der Waals surface area contributed by atoms with Gasteiger partial charge in [-0.05, 0) is 49.3 Å². The largest absolute Gasteiger partial charge is 0.453 e. The summed E-state index contributed by atoms with van der Waals surface area (Å²) in [6.07, 6.45) is 2.50. The van der Waals surface area contributed by atoms with Crippen molar-refractivity contribution in [1.82, 2.24) is 20.2 Å². The molecule has 1 aliphatic carbocycles. The Morgan fingerprint density at radius 3 is 2.86 bits per heavy atom. The van der Waals surface area contributed by atoms with Gasteiger partial charge in [0.05, 0.1) is 24.2 Å². The molecule has 2 fully saturated rings. The zero-order valence-corrected chi connectivity index (χ0v) is 17.8. The number of ether oxygens (including phenoxy) is 1. The van der Waals surface area contributed by atoms with Crippen molar-refractivity contribution in [3.63, 3.8) is 0 Å². The second-order valence-electron chi connectivity index (χ2n) is 8.06. The van der Waals surface area contributed by atoms with Crippen LogP contribution in [0.25, 0.3) is 11.0 Å². The van der Waals surface area contributed by atoms with E-state index >= 15 is 0 Å². The van der Waals surface area contributed by atoms with E-state index < -0.39 is 12.1 Å². The third-order valence-corrected chi connectivity index (χ3v) is 6.47. The number of imidazole rings is 1. The van der Waals surface area contributed by atoms with E-state index in [4.69, 9.17) is 9.72 Å². The molecule has 4 rings (SSSR count). The first-order valence-corrected chi connectivity index (χ1v) is 10.5. The average Bonchev–Trinajstić information content (AvgIpc) is 3.37. The zero-order valence-electron chi connectivity index (χ0n) is 16.2. The summed E-state index contributed by atoms with van der Waals surface area (Å²) in [6.45, 7) is 3.86. The number of benzene rings is 1. The maximum Gasteiger partial charge on any atom is 0.407 e. The summed E-state index contributed by atoms with van der Waals surface area (Å²) in [4.78, 5) is 35.4.